The topological polar surface area (TPSA) is 40.1 Å². The quantitative estimate of drug-likeness (QED) is 0.689. The van der Waals surface area contributed by atoms with Crippen molar-refractivity contribution in [3.8, 4) is 0 Å². The molecule has 0 aliphatic heterocycles. The van der Waals surface area contributed by atoms with Crippen LogP contribution in [0.3, 0.4) is 0 Å². The van der Waals surface area contributed by atoms with Gasteiger partial charge in [-0.05, 0) is 24.8 Å². The minimum atomic E-state index is -0.986. The standard InChI is InChI=1S/C11H14O2/c1-8-3-5-10(6-4-8)7-9(2)11(12)13/h3-6,9H,7H2,1-2H3,(H,12,13)/p-1. The van der Waals surface area contributed by atoms with Crippen molar-refractivity contribution in [1.82, 2.24) is 0 Å². The molecule has 1 rings (SSSR count). The first-order valence-electron chi connectivity index (χ1n) is 4.36. The third kappa shape index (κ3) is 2.90. The van der Waals surface area contributed by atoms with E-state index in [4.69, 9.17) is 0 Å². The first kappa shape index (κ1) is 9.78. The molecule has 0 amide bonds. The molecular weight excluding hydrogens is 164 g/mol. The SMILES string of the molecule is Cc1ccc(CC(C)C(=O)[O-])cc1. The van der Waals surface area contributed by atoms with Crippen molar-refractivity contribution in [2.24, 2.45) is 5.92 Å². The minimum absolute atomic E-state index is 0.414. The summed E-state index contributed by atoms with van der Waals surface area (Å²) >= 11 is 0. The number of aliphatic carboxylic acids is 1. The lowest BCUT2D eigenvalue weighted by atomic mass is 10.0. The van der Waals surface area contributed by atoms with Crippen LogP contribution in [-0.2, 0) is 11.2 Å². The van der Waals surface area contributed by atoms with E-state index in [0.29, 0.717) is 6.42 Å². The molecule has 2 nitrogen and oxygen atoms in total. The normalized spacial score (nSPS) is 12.5. The highest BCUT2D eigenvalue weighted by atomic mass is 16.4. The first-order valence-corrected chi connectivity index (χ1v) is 4.36. The molecule has 1 atom stereocenters. The van der Waals surface area contributed by atoms with E-state index in [1.165, 1.54) is 5.56 Å². The lowest BCUT2D eigenvalue weighted by molar-refractivity contribution is -0.310. The van der Waals surface area contributed by atoms with E-state index >= 15 is 0 Å². The van der Waals surface area contributed by atoms with Gasteiger partial charge in [-0.15, -0.1) is 0 Å². The van der Waals surface area contributed by atoms with Crippen molar-refractivity contribution in [2.75, 3.05) is 0 Å². The fourth-order valence-electron chi connectivity index (χ4n) is 1.16. The summed E-state index contributed by atoms with van der Waals surface area (Å²) in [4.78, 5) is 10.5. The maximum atomic E-state index is 10.5. The predicted octanol–water partition coefficient (Wildman–Crippen LogP) is 0.924. The summed E-state index contributed by atoms with van der Waals surface area (Å²) < 4.78 is 0. The maximum absolute atomic E-state index is 10.5. The van der Waals surface area contributed by atoms with E-state index in [1.54, 1.807) is 6.92 Å². The Balaban J connectivity index is 2.64. The molecule has 0 aromatic heterocycles. The minimum Gasteiger partial charge on any atom is -0.550 e. The van der Waals surface area contributed by atoms with Gasteiger partial charge in [0.25, 0.3) is 0 Å². The molecule has 0 N–H and O–H groups in total. The van der Waals surface area contributed by atoms with Crippen LogP contribution in [0, 0.1) is 12.8 Å². The second-order valence-corrected chi connectivity index (χ2v) is 3.41. The summed E-state index contributed by atoms with van der Waals surface area (Å²) in [6.45, 7) is 3.67. The smallest absolute Gasteiger partial charge is 0.0445 e. The summed E-state index contributed by atoms with van der Waals surface area (Å²) in [5.41, 5.74) is 2.23. The van der Waals surface area contributed by atoms with Gasteiger partial charge in [-0.3, -0.25) is 0 Å². The molecule has 13 heavy (non-hydrogen) atoms. The van der Waals surface area contributed by atoms with Gasteiger partial charge in [0, 0.05) is 5.97 Å². The van der Waals surface area contributed by atoms with Crippen LogP contribution in [0.1, 0.15) is 18.1 Å². The summed E-state index contributed by atoms with van der Waals surface area (Å²) in [5, 5.41) is 10.5. The lowest BCUT2D eigenvalue weighted by Gasteiger charge is -2.11. The molecule has 0 saturated carbocycles. The van der Waals surface area contributed by atoms with Gasteiger partial charge in [0.1, 0.15) is 0 Å². The monoisotopic (exact) mass is 177 g/mol. The molecule has 0 fully saturated rings. The maximum Gasteiger partial charge on any atom is 0.0445 e. The Hall–Kier alpha value is -1.31. The summed E-state index contributed by atoms with van der Waals surface area (Å²) in [5.74, 6) is -1.40. The van der Waals surface area contributed by atoms with Crippen LogP contribution in [0.5, 0.6) is 0 Å². The van der Waals surface area contributed by atoms with Gasteiger partial charge in [0.2, 0.25) is 0 Å². The third-order valence-electron chi connectivity index (χ3n) is 2.06. The van der Waals surface area contributed by atoms with E-state index in [0.717, 1.165) is 5.56 Å². The Labute approximate surface area is 78.2 Å². The molecule has 0 spiro atoms. The lowest BCUT2D eigenvalue weighted by Crippen LogP contribution is -2.30. The zero-order valence-electron chi connectivity index (χ0n) is 7.91. The summed E-state index contributed by atoms with van der Waals surface area (Å²) in [6.07, 6.45) is 0.544. The number of carboxylic acid groups (broad SMARTS) is 1. The number of carbonyl (C=O) groups excluding carboxylic acids is 1. The van der Waals surface area contributed by atoms with E-state index in [1.807, 2.05) is 31.2 Å². The average molecular weight is 177 g/mol. The predicted molar refractivity (Wildman–Crippen MR) is 49.1 cm³/mol. The molecule has 0 aliphatic carbocycles. The Morgan fingerprint density at radius 1 is 1.38 bits per heavy atom. The number of rotatable bonds is 3. The van der Waals surface area contributed by atoms with Crippen molar-refractivity contribution in [3.63, 3.8) is 0 Å². The molecule has 1 aromatic rings. The molecule has 1 aromatic carbocycles. The van der Waals surface area contributed by atoms with Crippen LogP contribution < -0.4 is 5.11 Å². The molecule has 0 heterocycles. The highest BCUT2D eigenvalue weighted by Gasteiger charge is 2.03. The van der Waals surface area contributed by atoms with Crippen LogP contribution >= 0.6 is 0 Å². The van der Waals surface area contributed by atoms with Crippen molar-refractivity contribution in [1.29, 1.82) is 0 Å². The third-order valence-corrected chi connectivity index (χ3v) is 2.06. The number of hydrogen-bond acceptors (Lipinski definition) is 2. The van der Waals surface area contributed by atoms with Crippen LogP contribution in [0.4, 0.5) is 0 Å². The highest BCUT2D eigenvalue weighted by Crippen LogP contribution is 2.09. The largest absolute Gasteiger partial charge is 0.550 e. The van der Waals surface area contributed by atoms with Gasteiger partial charge in [-0.2, -0.15) is 0 Å². The second kappa shape index (κ2) is 4.08. The van der Waals surface area contributed by atoms with Crippen molar-refractivity contribution < 1.29 is 9.90 Å². The van der Waals surface area contributed by atoms with Gasteiger partial charge in [0.15, 0.2) is 0 Å². The van der Waals surface area contributed by atoms with Crippen LogP contribution in [0.2, 0.25) is 0 Å². The van der Waals surface area contributed by atoms with Crippen LogP contribution in [0.15, 0.2) is 24.3 Å². The Bertz CT molecular complexity index is 287. The van der Waals surface area contributed by atoms with E-state index in [2.05, 4.69) is 0 Å². The van der Waals surface area contributed by atoms with Crippen molar-refractivity contribution in [2.45, 2.75) is 20.3 Å². The van der Waals surface area contributed by atoms with Crippen molar-refractivity contribution in [3.05, 3.63) is 35.4 Å². The Morgan fingerprint density at radius 3 is 2.38 bits per heavy atom. The molecule has 0 bridgehead atoms. The van der Waals surface area contributed by atoms with Gasteiger partial charge in [0.05, 0.1) is 0 Å². The van der Waals surface area contributed by atoms with Gasteiger partial charge >= 0.3 is 0 Å². The number of benzene rings is 1. The van der Waals surface area contributed by atoms with E-state index < -0.39 is 11.9 Å². The van der Waals surface area contributed by atoms with E-state index in [9.17, 15) is 9.90 Å². The molecule has 1 unspecified atom stereocenters. The number of hydrogen-bond donors (Lipinski definition) is 0. The zero-order valence-corrected chi connectivity index (χ0v) is 7.91. The first-order chi connectivity index (χ1) is 6.09. The van der Waals surface area contributed by atoms with Crippen LogP contribution in [-0.4, -0.2) is 5.97 Å². The number of carboxylic acids is 1. The molecule has 0 saturated heterocycles. The van der Waals surface area contributed by atoms with Gasteiger partial charge < -0.3 is 9.90 Å². The molecule has 2 heteroatoms. The van der Waals surface area contributed by atoms with Gasteiger partial charge in [-0.1, -0.05) is 36.8 Å². The molecule has 70 valence electrons. The van der Waals surface area contributed by atoms with Crippen LogP contribution in [0.25, 0.3) is 0 Å². The fraction of sp³-hybridized carbons (Fsp3) is 0.364. The van der Waals surface area contributed by atoms with E-state index in [-0.39, 0.29) is 0 Å². The zero-order chi connectivity index (χ0) is 9.84. The highest BCUT2D eigenvalue weighted by molar-refractivity contribution is 5.67. The van der Waals surface area contributed by atoms with Crippen molar-refractivity contribution >= 4 is 5.97 Å². The summed E-state index contributed by atoms with van der Waals surface area (Å²) in [7, 11) is 0. The fourth-order valence-corrected chi connectivity index (χ4v) is 1.16. The average Bonchev–Trinajstić information content (AvgIpc) is 2.08. The number of aryl methyl sites for hydroxylation is 1. The molecular formula is C11H13O2-. The molecule has 0 aliphatic rings. The Morgan fingerprint density at radius 2 is 1.92 bits per heavy atom. The Kier molecular flexibility index (Phi) is 3.07. The molecule has 0 radical (unpaired) electrons. The number of carbonyl (C=O) groups is 1. The van der Waals surface area contributed by atoms with Gasteiger partial charge in [-0.25, -0.2) is 0 Å². The summed E-state index contributed by atoms with van der Waals surface area (Å²) in [6, 6.07) is 7.87. The second-order valence-electron chi connectivity index (χ2n) is 3.41.